The molecule has 0 aliphatic heterocycles. The van der Waals surface area contributed by atoms with Gasteiger partial charge in [-0.1, -0.05) is 29.4 Å². The van der Waals surface area contributed by atoms with Gasteiger partial charge in [0.15, 0.2) is 0 Å². The SMILES string of the molecule is Cc1ccccc1-c1c(-c2cn(C)nc2C)noc1N. The number of hydrogen-bond donors (Lipinski definition) is 1. The van der Waals surface area contributed by atoms with Crippen molar-refractivity contribution in [2.24, 2.45) is 7.05 Å². The third-order valence-electron chi connectivity index (χ3n) is 3.40. The molecule has 0 radical (unpaired) electrons. The third kappa shape index (κ3) is 1.87. The van der Waals surface area contributed by atoms with Crippen LogP contribution in [0.3, 0.4) is 0 Å². The van der Waals surface area contributed by atoms with Gasteiger partial charge in [0.05, 0.1) is 11.3 Å². The van der Waals surface area contributed by atoms with Crippen molar-refractivity contribution in [3.05, 3.63) is 41.7 Å². The van der Waals surface area contributed by atoms with E-state index in [2.05, 4.69) is 10.3 Å². The highest BCUT2D eigenvalue weighted by molar-refractivity contribution is 5.88. The van der Waals surface area contributed by atoms with Gasteiger partial charge in [0.2, 0.25) is 5.88 Å². The number of nitrogens with two attached hydrogens (primary N) is 1. The number of rotatable bonds is 2. The number of aryl methyl sites for hydroxylation is 3. The number of aromatic nitrogens is 3. The summed E-state index contributed by atoms with van der Waals surface area (Å²) in [7, 11) is 1.88. The number of hydrogen-bond acceptors (Lipinski definition) is 4. The van der Waals surface area contributed by atoms with Gasteiger partial charge >= 0.3 is 0 Å². The molecular weight excluding hydrogens is 252 g/mol. The van der Waals surface area contributed by atoms with E-state index in [4.69, 9.17) is 10.3 Å². The average Bonchev–Trinajstić information content (AvgIpc) is 2.93. The summed E-state index contributed by atoms with van der Waals surface area (Å²) >= 11 is 0. The Kier molecular flexibility index (Phi) is 2.82. The van der Waals surface area contributed by atoms with E-state index in [-0.39, 0.29) is 0 Å². The van der Waals surface area contributed by atoms with Crippen molar-refractivity contribution in [3.8, 4) is 22.4 Å². The molecular formula is C15H16N4O. The molecule has 0 aliphatic carbocycles. The fourth-order valence-corrected chi connectivity index (χ4v) is 2.43. The molecule has 0 saturated heterocycles. The summed E-state index contributed by atoms with van der Waals surface area (Å²) in [5, 5.41) is 8.47. The lowest BCUT2D eigenvalue weighted by Gasteiger charge is -2.05. The number of nitrogens with zero attached hydrogens (tertiary/aromatic N) is 3. The van der Waals surface area contributed by atoms with Crippen molar-refractivity contribution < 1.29 is 4.52 Å². The van der Waals surface area contributed by atoms with Crippen LogP contribution in [-0.4, -0.2) is 14.9 Å². The smallest absolute Gasteiger partial charge is 0.230 e. The van der Waals surface area contributed by atoms with Gasteiger partial charge in [-0.25, -0.2) is 0 Å². The van der Waals surface area contributed by atoms with E-state index < -0.39 is 0 Å². The number of nitrogen functional groups attached to an aromatic ring is 1. The summed E-state index contributed by atoms with van der Waals surface area (Å²) < 4.78 is 6.98. The highest BCUT2D eigenvalue weighted by Crippen LogP contribution is 2.38. The Morgan fingerprint density at radius 1 is 1.15 bits per heavy atom. The fraction of sp³-hybridized carbons (Fsp3) is 0.200. The molecule has 2 N–H and O–H groups in total. The van der Waals surface area contributed by atoms with Gasteiger partial charge in [0, 0.05) is 18.8 Å². The second-order valence-corrected chi connectivity index (χ2v) is 4.89. The molecule has 20 heavy (non-hydrogen) atoms. The zero-order valence-corrected chi connectivity index (χ0v) is 11.7. The Morgan fingerprint density at radius 2 is 1.90 bits per heavy atom. The molecule has 3 aromatic rings. The molecule has 2 heterocycles. The van der Waals surface area contributed by atoms with E-state index >= 15 is 0 Å². The standard InChI is InChI=1S/C15H16N4O/c1-9-6-4-5-7-11(9)13-14(18-20-15(13)16)12-8-19(3)17-10(12)2/h4-8H,16H2,1-3H3. The first-order valence-corrected chi connectivity index (χ1v) is 6.39. The van der Waals surface area contributed by atoms with Crippen LogP contribution in [0.2, 0.25) is 0 Å². The lowest BCUT2D eigenvalue weighted by Crippen LogP contribution is -1.90. The molecule has 0 bridgehead atoms. The Hall–Kier alpha value is -2.56. The van der Waals surface area contributed by atoms with Gasteiger partial charge in [-0.05, 0) is 25.0 Å². The van der Waals surface area contributed by atoms with Crippen LogP contribution < -0.4 is 5.73 Å². The molecule has 2 aromatic heterocycles. The zero-order valence-electron chi connectivity index (χ0n) is 11.7. The molecule has 0 saturated carbocycles. The van der Waals surface area contributed by atoms with Crippen molar-refractivity contribution in [2.45, 2.75) is 13.8 Å². The van der Waals surface area contributed by atoms with Crippen LogP contribution in [0.25, 0.3) is 22.4 Å². The van der Waals surface area contributed by atoms with E-state index in [1.54, 1.807) is 4.68 Å². The first-order valence-electron chi connectivity index (χ1n) is 6.39. The zero-order chi connectivity index (χ0) is 14.3. The predicted octanol–water partition coefficient (Wildman–Crippen LogP) is 2.94. The molecule has 1 aromatic carbocycles. The quantitative estimate of drug-likeness (QED) is 0.775. The molecule has 0 fully saturated rings. The predicted molar refractivity (Wildman–Crippen MR) is 78.0 cm³/mol. The summed E-state index contributed by atoms with van der Waals surface area (Å²) in [4.78, 5) is 0. The summed E-state index contributed by atoms with van der Waals surface area (Å²) in [5.41, 5.74) is 11.5. The minimum absolute atomic E-state index is 0.331. The third-order valence-corrected chi connectivity index (χ3v) is 3.40. The summed E-state index contributed by atoms with van der Waals surface area (Å²) in [5.74, 6) is 0.331. The van der Waals surface area contributed by atoms with Crippen LogP contribution in [0.4, 0.5) is 5.88 Å². The Balaban J connectivity index is 2.26. The maximum Gasteiger partial charge on any atom is 0.230 e. The molecule has 102 valence electrons. The van der Waals surface area contributed by atoms with Crippen molar-refractivity contribution in [3.63, 3.8) is 0 Å². The topological polar surface area (TPSA) is 69.9 Å². The first-order chi connectivity index (χ1) is 9.58. The van der Waals surface area contributed by atoms with E-state index in [1.165, 1.54) is 0 Å². The lowest BCUT2D eigenvalue weighted by atomic mass is 9.98. The molecule has 0 atom stereocenters. The van der Waals surface area contributed by atoms with Gasteiger partial charge in [-0.3, -0.25) is 4.68 Å². The second-order valence-electron chi connectivity index (χ2n) is 4.89. The number of anilines is 1. The van der Waals surface area contributed by atoms with Gasteiger partial charge in [0.25, 0.3) is 0 Å². The second kappa shape index (κ2) is 4.52. The van der Waals surface area contributed by atoms with Crippen LogP contribution in [-0.2, 0) is 7.05 Å². The Bertz CT molecular complexity index is 770. The minimum Gasteiger partial charge on any atom is -0.367 e. The maximum absolute atomic E-state index is 5.98. The van der Waals surface area contributed by atoms with Crippen molar-refractivity contribution in [2.75, 3.05) is 5.73 Å². The van der Waals surface area contributed by atoms with E-state index in [0.29, 0.717) is 5.88 Å². The molecule has 0 unspecified atom stereocenters. The van der Waals surface area contributed by atoms with Gasteiger partial charge in [-0.2, -0.15) is 5.10 Å². The van der Waals surface area contributed by atoms with Crippen LogP contribution in [0.15, 0.2) is 35.0 Å². The fourth-order valence-electron chi connectivity index (χ4n) is 2.43. The van der Waals surface area contributed by atoms with Gasteiger partial charge in [-0.15, -0.1) is 0 Å². The minimum atomic E-state index is 0.331. The normalized spacial score (nSPS) is 10.9. The van der Waals surface area contributed by atoms with E-state index in [1.807, 2.05) is 51.4 Å². The van der Waals surface area contributed by atoms with Crippen molar-refractivity contribution in [1.82, 2.24) is 14.9 Å². The highest BCUT2D eigenvalue weighted by Gasteiger charge is 2.21. The van der Waals surface area contributed by atoms with Crippen LogP contribution >= 0.6 is 0 Å². The van der Waals surface area contributed by atoms with Gasteiger partial charge in [0.1, 0.15) is 5.69 Å². The lowest BCUT2D eigenvalue weighted by molar-refractivity contribution is 0.439. The van der Waals surface area contributed by atoms with E-state index in [0.717, 1.165) is 33.6 Å². The molecule has 5 heteroatoms. The largest absolute Gasteiger partial charge is 0.367 e. The summed E-state index contributed by atoms with van der Waals surface area (Å²) in [6, 6.07) is 8.04. The monoisotopic (exact) mass is 268 g/mol. The number of benzene rings is 1. The van der Waals surface area contributed by atoms with Crippen LogP contribution in [0.5, 0.6) is 0 Å². The van der Waals surface area contributed by atoms with E-state index in [9.17, 15) is 0 Å². The molecule has 0 aliphatic rings. The molecule has 5 nitrogen and oxygen atoms in total. The summed E-state index contributed by atoms with van der Waals surface area (Å²) in [6.45, 7) is 3.99. The Labute approximate surface area is 117 Å². The van der Waals surface area contributed by atoms with Crippen LogP contribution in [0.1, 0.15) is 11.3 Å². The molecule has 0 spiro atoms. The summed E-state index contributed by atoms with van der Waals surface area (Å²) in [6.07, 6.45) is 1.92. The van der Waals surface area contributed by atoms with Crippen molar-refractivity contribution in [1.29, 1.82) is 0 Å². The van der Waals surface area contributed by atoms with Crippen LogP contribution in [0, 0.1) is 13.8 Å². The Morgan fingerprint density at radius 3 is 2.55 bits per heavy atom. The van der Waals surface area contributed by atoms with Crippen molar-refractivity contribution >= 4 is 5.88 Å². The average molecular weight is 268 g/mol. The highest BCUT2D eigenvalue weighted by atomic mass is 16.5. The first kappa shape index (κ1) is 12.5. The van der Waals surface area contributed by atoms with Gasteiger partial charge < -0.3 is 10.3 Å². The molecule has 3 rings (SSSR count). The molecule has 0 amide bonds. The maximum atomic E-state index is 5.98.